The number of hydrogen-bond acceptors (Lipinski definition) is 6. The molecule has 7 nitrogen and oxygen atoms in total. The van der Waals surface area contributed by atoms with Gasteiger partial charge in [-0.2, -0.15) is 4.98 Å². The van der Waals surface area contributed by atoms with Crippen LogP contribution in [0.4, 0.5) is 11.9 Å². The first-order chi connectivity index (χ1) is 9.81. The van der Waals surface area contributed by atoms with Crippen LogP contribution in [0.5, 0.6) is 0 Å². The molecule has 2 aliphatic rings. The van der Waals surface area contributed by atoms with Gasteiger partial charge < -0.3 is 16.4 Å². The predicted molar refractivity (Wildman–Crippen MR) is 77.5 cm³/mol. The number of nitrogens with zero attached hydrogens (tertiary/aromatic N) is 4. The Hall–Kier alpha value is -1.89. The number of nitrogens with two attached hydrogens (primary N) is 1. The Kier molecular flexibility index (Phi) is 2.73. The van der Waals surface area contributed by atoms with E-state index in [1.165, 1.54) is 12.8 Å². The van der Waals surface area contributed by atoms with Gasteiger partial charge in [0.05, 0.1) is 6.20 Å². The van der Waals surface area contributed by atoms with Crippen LogP contribution in [0.3, 0.4) is 0 Å². The molecular weight excluding hydrogens is 254 g/mol. The minimum Gasteiger partial charge on any atom is -0.369 e. The van der Waals surface area contributed by atoms with Gasteiger partial charge >= 0.3 is 0 Å². The third-order valence-corrected chi connectivity index (χ3v) is 4.04. The smallest absolute Gasteiger partial charge is 0.224 e. The van der Waals surface area contributed by atoms with Crippen LogP contribution in [-0.4, -0.2) is 38.7 Å². The molecule has 0 atom stereocenters. The lowest BCUT2D eigenvalue weighted by Crippen LogP contribution is -2.30. The predicted octanol–water partition coefficient (Wildman–Crippen LogP) is 0.907. The fraction of sp³-hybridized carbons (Fsp3) is 0.615. The summed E-state index contributed by atoms with van der Waals surface area (Å²) in [5.41, 5.74) is 7.73. The molecule has 0 amide bonds. The quantitative estimate of drug-likeness (QED) is 0.769. The Bertz CT molecular complexity index is 625. The van der Waals surface area contributed by atoms with E-state index in [1.807, 2.05) is 0 Å². The molecule has 1 aliphatic carbocycles. The lowest BCUT2D eigenvalue weighted by Gasteiger charge is -2.24. The molecule has 1 saturated heterocycles. The van der Waals surface area contributed by atoms with Crippen molar-refractivity contribution in [3.05, 3.63) is 6.20 Å². The van der Waals surface area contributed by atoms with Crippen molar-refractivity contribution in [2.45, 2.75) is 37.8 Å². The molecule has 0 radical (unpaired) electrons. The number of nitrogen functional groups attached to an aromatic ring is 1. The van der Waals surface area contributed by atoms with Crippen molar-refractivity contribution in [1.29, 1.82) is 0 Å². The summed E-state index contributed by atoms with van der Waals surface area (Å²) in [5, 5.41) is 6.70. The Morgan fingerprint density at radius 1 is 1.20 bits per heavy atom. The third kappa shape index (κ3) is 2.07. The lowest BCUT2D eigenvalue weighted by molar-refractivity contribution is 0.377. The average molecular weight is 273 g/mol. The number of nitrogens with one attached hydrogen (secondary N) is 2. The molecule has 2 aromatic rings. The summed E-state index contributed by atoms with van der Waals surface area (Å²) >= 11 is 0. The molecule has 4 rings (SSSR count). The average Bonchev–Trinajstić information content (AvgIpc) is 3.21. The molecule has 0 bridgehead atoms. The summed E-state index contributed by atoms with van der Waals surface area (Å²) in [6.07, 6.45) is 6.30. The zero-order valence-electron chi connectivity index (χ0n) is 11.3. The highest BCUT2D eigenvalue weighted by Gasteiger charge is 2.24. The fourth-order valence-corrected chi connectivity index (χ4v) is 2.81. The summed E-state index contributed by atoms with van der Waals surface area (Å²) in [5.74, 6) is 1.24. The highest BCUT2D eigenvalue weighted by molar-refractivity contribution is 5.74. The number of hydrogen-bond donors (Lipinski definition) is 3. The van der Waals surface area contributed by atoms with Gasteiger partial charge in [-0.1, -0.05) is 0 Å². The molecule has 20 heavy (non-hydrogen) atoms. The maximum atomic E-state index is 6.09. The van der Waals surface area contributed by atoms with E-state index < -0.39 is 0 Å². The van der Waals surface area contributed by atoms with Gasteiger partial charge in [0.25, 0.3) is 0 Å². The summed E-state index contributed by atoms with van der Waals surface area (Å²) in [7, 11) is 0. The van der Waals surface area contributed by atoms with Gasteiger partial charge in [0, 0.05) is 12.1 Å². The van der Waals surface area contributed by atoms with Gasteiger partial charge in [-0.15, -0.1) is 0 Å². The molecule has 3 heterocycles. The van der Waals surface area contributed by atoms with E-state index in [-0.39, 0.29) is 0 Å². The standard InChI is InChI=1S/C13H19N7/c14-12-18-10-7-16-13(17-8-1-2-8)19-11(10)20(12)9-3-5-15-6-4-9/h7-9,15H,1-6H2,(H2,14,18)(H,16,17,19). The first kappa shape index (κ1) is 11.9. The van der Waals surface area contributed by atoms with Gasteiger partial charge in [0.2, 0.25) is 11.9 Å². The van der Waals surface area contributed by atoms with E-state index in [0.717, 1.165) is 37.1 Å². The first-order valence-corrected chi connectivity index (χ1v) is 7.29. The van der Waals surface area contributed by atoms with Gasteiger partial charge in [0.1, 0.15) is 5.52 Å². The maximum Gasteiger partial charge on any atom is 0.224 e. The summed E-state index contributed by atoms with van der Waals surface area (Å²) in [6, 6.07) is 0.921. The molecule has 2 aromatic heterocycles. The number of piperidine rings is 1. The molecule has 1 saturated carbocycles. The van der Waals surface area contributed by atoms with E-state index in [9.17, 15) is 0 Å². The van der Waals surface area contributed by atoms with Crippen molar-refractivity contribution >= 4 is 23.1 Å². The molecule has 7 heteroatoms. The topological polar surface area (TPSA) is 93.7 Å². The van der Waals surface area contributed by atoms with Gasteiger partial charge in [-0.05, 0) is 38.8 Å². The van der Waals surface area contributed by atoms with Crippen LogP contribution >= 0.6 is 0 Å². The van der Waals surface area contributed by atoms with Gasteiger partial charge in [0.15, 0.2) is 5.65 Å². The molecular formula is C13H19N7. The Morgan fingerprint density at radius 2 is 2.00 bits per heavy atom. The van der Waals surface area contributed by atoms with Crippen LogP contribution in [-0.2, 0) is 0 Å². The number of imidazole rings is 1. The van der Waals surface area contributed by atoms with E-state index in [4.69, 9.17) is 5.73 Å². The summed E-state index contributed by atoms with van der Waals surface area (Å²) in [6.45, 7) is 2.03. The minimum atomic E-state index is 0.380. The first-order valence-electron chi connectivity index (χ1n) is 7.29. The fourth-order valence-electron chi connectivity index (χ4n) is 2.81. The normalized spacial score (nSPS) is 20.4. The maximum absolute atomic E-state index is 6.09. The third-order valence-electron chi connectivity index (χ3n) is 4.04. The Labute approximate surface area is 117 Å². The van der Waals surface area contributed by atoms with E-state index in [2.05, 4.69) is 30.2 Å². The molecule has 4 N–H and O–H groups in total. The van der Waals surface area contributed by atoms with Crippen LogP contribution in [0.15, 0.2) is 6.20 Å². The SMILES string of the molecule is Nc1nc2cnc(NC3CC3)nc2n1C1CCNCC1. The highest BCUT2D eigenvalue weighted by atomic mass is 15.2. The second-order valence-corrected chi connectivity index (χ2v) is 5.64. The molecule has 106 valence electrons. The van der Waals surface area contributed by atoms with Gasteiger partial charge in [-0.3, -0.25) is 4.57 Å². The zero-order chi connectivity index (χ0) is 13.5. The summed E-state index contributed by atoms with van der Waals surface area (Å²) in [4.78, 5) is 13.3. The number of anilines is 2. The van der Waals surface area contributed by atoms with Gasteiger partial charge in [-0.25, -0.2) is 9.97 Å². The van der Waals surface area contributed by atoms with Crippen molar-refractivity contribution in [2.75, 3.05) is 24.1 Å². The molecule has 2 fully saturated rings. The molecule has 1 aliphatic heterocycles. The van der Waals surface area contributed by atoms with Crippen molar-refractivity contribution in [2.24, 2.45) is 0 Å². The van der Waals surface area contributed by atoms with Crippen LogP contribution in [0.25, 0.3) is 11.2 Å². The van der Waals surface area contributed by atoms with Crippen molar-refractivity contribution in [3.8, 4) is 0 Å². The number of fused-ring (bicyclic) bond motifs is 1. The van der Waals surface area contributed by atoms with Crippen molar-refractivity contribution in [3.63, 3.8) is 0 Å². The Morgan fingerprint density at radius 3 is 2.75 bits per heavy atom. The highest BCUT2D eigenvalue weighted by Crippen LogP contribution is 2.28. The largest absolute Gasteiger partial charge is 0.369 e. The monoisotopic (exact) mass is 273 g/mol. The van der Waals surface area contributed by atoms with Crippen LogP contribution in [0.1, 0.15) is 31.7 Å². The Balaban J connectivity index is 1.74. The van der Waals surface area contributed by atoms with Crippen LogP contribution in [0.2, 0.25) is 0 Å². The second kappa shape index (κ2) is 4.59. The van der Waals surface area contributed by atoms with Crippen LogP contribution < -0.4 is 16.4 Å². The zero-order valence-corrected chi connectivity index (χ0v) is 11.3. The number of rotatable bonds is 3. The van der Waals surface area contributed by atoms with Crippen LogP contribution in [0, 0.1) is 0 Å². The lowest BCUT2D eigenvalue weighted by atomic mass is 10.1. The summed E-state index contributed by atoms with van der Waals surface area (Å²) < 4.78 is 2.08. The van der Waals surface area contributed by atoms with Crippen molar-refractivity contribution < 1.29 is 0 Å². The van der Waals surface area contributed by atoms with E-state index in [0.29, 0.717) is 24.0 Å². The second-order valence-electron chi connectivity index (χ2n) is 5.64. The van der Waals surface area contributed by atoms with E-state index in [1.54, 1.807) is 6.20 Å². The number of aromatic nitrogens is 4. The molecule has 0 unspecified atom stereocenters. The molecule has 0 aromatic carbocycles. The minimum absolute atomic E-state index is 0.380. The molecule has 0 spiro atoms. The van der Waals surface area contributed by atoms with Crippen molar-refractivity contribution in [1.82, 2.24) is 24.8 Å². The van der Waals surface area contributed by atoms with E-state index >= 15 is 0 Å².